The van der Waals surface area contributed by atoms with Crippen LogP contribution in [-0.4, -0.2) is 30.6 Å². The molecule has 0 unspecified atom stereocenters. The van der Waals surface area contributed by atoms with Crippen molar-refractivity contribution < 1.29 is 5.11 Å². The highest BCUT2D eigenvalue weighted by atomic mass is 16.3. The van der Waals surface area contributed by atoms with E-state index in [1.165, 1.54) is 6.33 Å². The number of aromatic nitrogens is 4. The molecule has 0 saturated carbocycles. The van der Waals surface area contributed by atoms with Gasteiger partial charge in [-0.2, -0.15) is 10.2 Å². The maximum absolute atomic E-state index is 9.41. The Balaban J connectivity index is 1.62. The van der Waals surface area contributed by atoms with Gasteiger partial charge in [0, 0.05) is 11.6 Å². The molecule has 0 amide bonds. The Bertz CT molecular complexity index is 1150. The van der Waals surface area contributed by atoms with Gasteiger partial charge in [0.05, 0.1) is 17.1 Å². The number of nitrogens with zero attached hydrogens (tertiary/aromatic N) is 5. The van der Waals surface area contributed by atoms with E-state index in [0.717, 1.165) is 28.2 Å². The normalized spacial score (nSPS) is 11.4. The highest BCUT2D eigenvalue weighted by Crippen LogP contribution is 2.23. The van der Waals surface area contributed by atoms with Crippen LogP contribution >= 0.6 is 0 Å². The SMILES string of the molecule is C/C(=N\Nc1cc(-n2nc(C)cc2-c2ccccc2)ncn1)c1ccc(O)cc1. The molecule has 2 aromatic heterocycles. The number of phenolic OH excluding ortho intramolecular Hbond substituents is 1. The monoisotopic (exact) mass is 384 g/mol. The molecular formula is C22H20N6O. The fraction of sp³-hybridized carbons (Fsp3) is 0.0909. The Labute approximate surface area is 168 Å². The number of phenols is 1. The average Bonchev–Trinajstić information content (AvgIpc) is 3.15. The van der Waals surface area contributed by atoms with Crippen LogP contribution in [0.15, 0.2) is 78.2 Å². The number of aromatic hydroxyl groups is 1. The van der Waals surface area contributed by atoms with Gasteiger partial charge in [-0.05, 0) is 49.7 Å². The summed E-state index contributed by atoms with van der Waals surface area (Å²) in [4.78, 5) is 8.62. The van der Waals surface area contributed by atoms with E-state index in [1.807, 2.05) is 50.2 Å². The molecule has 0 aliphatic carbocycles. The van der Waals surface area contributed by atoms with E-state index in [1.54, 1.807) is 35.0 Å². The fourth-order valence-electron chi connectivity index (χ4n) is 2.92. The Hall–Kier alpha value is -4.00. The van der Waals surface area contributed by atoms with Crippen molar-refractivity contribution in [1.82, 2.24) is 19.7 Å². The molecule has 0 aliphatic heterocycles. The number of anilines is 1. The molecule has 0 bridgehead atoms. The van der Waals surface area contributed by atoms with E-state index >= 15 is 0 Å². The van der Waals surface area contributed by atoms with Crippen molar-refractivity contribution in [3.63, 3.8) is 0 Å². The van der Waals surface area contributed by atoms with E-state index in [0.29, 0.717) is 11.6 Å². The Morgan fingerprint density at radius 3 is 2.52 bits per heavy atom. The first-order valence-corrected chi connectivity index (χ1v) is 9.14. The lowest BCUT2D eigenvalue weighted by Gasteiger charge is -2.08. The molecule has 2 N–H and O–H groups in total. The molecule has 7 nitrogen and oxygen atoms in total. The molecule has 4 aromatic rings. The van der Waals surface area contributed by atoms with Crippen molar-refractivity contribution in [3.05, 3.63) is 84.3 Å². The second kappa shape index (κ2) is 7.93. The number of hydrazone groups is 1. The van der Waals surface area contributed by atoms with Crippen LogP contribution in [0.5, 0.6) is 5.75 Å². The Kier molecular flexibility index (Phi) is 5.03. The van der Waals surface area contributed by atoms with Gasteiger partial charge in [0.1, 0.15) is 12.1 Å². The van der Waals surface area contributed by atoms with Crippen molar-refractivity contribution in [2.24, 2.45) is 5.10 Å². The maximum Gasteiger partial charge on any atom is 0.159 e. The first-order chi connectivity index (χ1) is 14.1. The van der Waals surface area contributed by atoms with Crippen LogP contribution in [0, 0.1) is 6.92 Å². The van der Waals surface area contributed by atoms with Gasteiger partial charge in [0.25, 0.3) is 0 Å². The Morgan fingerprint density at radius 1 is 1.00 bits per heavy atom. The van der Waals surface area contributed by atoms with Gasteiger partial charge in [-0.1, -0.05) is 30.3 Å². The molecule has 29 heavy (non-hydrogen) atoms. The minimum atomic E-state index is 0.221. The maximum atomic E-state index is 9.41. The lowest BCUT2D eigenvalue weighted by Crippen LogP contribution is -2.05. The molecule has 2 aromatic carbocycles. The van der Waals surface area contributed by atoms with Gasteiger partial charge in [-0.15, -0.1) is 0 Å². The predicted molar refractivity (Wildman–Crippen MR) is 113 cm³/mol. The number of nitrogens with one attached hydrogen (secondary N) is 1. The number of hydrogen-bond acceptors (Lipinski definition) is 6. The van der Waals surface area contributed by atoms with Crippen LogP contribution in [0.1, 0.15) is 18.2 Å². The van der Waals surface area contributed by atoms with Crippen LogP contribution in [0.3, 0.4) is 0 Å². The van der Waals surface area contributed by atoms with Gasteiger partial charge in [-0.25, -0.2) is 14.6 Å². The lowest BCUT2D eigenvalue weighted by atomic mass is 10.1. The van der Waals surface area contributed by atoms with Gasteiger partial charge in [-0.3, -0.25) is 5.43 Å². The minimum absolute atomic E-state index is 0.221. The van der Waals surface area contributed by atoms with Crippen LogP contribution in [0.2, 0.25) is 0 Å². The summed E-state index contributed by atoms with van der Waals surface area (Å²) in [5.74, 6) is 1.42. The first-order valence-electron chi connectivity index (χ1n) is 9.14. The van der Waals surface area contributed by atoms with Crippen LogP contribution < -0.4 is 5.43 Å². The number of rotatable bonds is 5. The summed E-state index contributed by atoms with van der Waals surface area (Å²) in [6, 6.07) is 20.7. The minimum Gasteiger partial charge on any atom is -0.508 e. The van der Waals surface area contributed by atoms with E-state index in [4.69, 9.17) is 0 Å². The summed E-state index contributed by atoms with van der Waals surface area (Å²) in [6.45, 7) is 3.83. The first kappa shape index (κ1) is 18.4. The predicted octanol–water partition coefficient (Wildman–Crippen LogP) is 4.18. The third-order valence-corrected chi connectivity index (χ3v) is 4.39. The smallest absolute Gasteiger partial charge is 0.159 e. The van der Waals surface area contributed by atoms with Crippen molar-refractivity contribution in [2.45, 2.75) is 13.8 Å². The summed E-state index contributed by atoms with van der Waals surface area (Å²) in [7, 11) is 0. The van der Waals surface area contributed by atoms with Crippen molar-refractivity contribution in [1.29, 1.82) is 0 Å². The fourth-order valence-corrected chi connectivity index (χ4v) is 2.92. The highest BCUT2D eigenvalue weighted by molar-refractivity contribution is 5.99. The summed E-state index contributed by atoms with van der Waals surface area (Å²) < 4.78 is 1.80. The summed E-state index contributed by atoms with van der Waals surface area (Å²) in [6.07, 6.45) is 1.48. The number of aryl methyl sites for hydroxylation is 1. The molecule has 2 heterocycles. The third-order valence-electron chi connectivity index (χ3n) is 4.39. The summed E-state index contributed by atoms with van der Waals surface area (Å²) in [5, 5.41) is 18.4. The molecule has 0 fully saturated rings. The average molecular weight is 384 g/mol. The van der Waals surface area contributed by atoms with Gasteiger partial charge >= 0.3 is 0 Å². The second-order valence-corrected chi connectivity index (χ2v) is 6.57. The zero-order chi connectivity index (χ0) is 20.2. The lowest BCUT2D eigenvalue weighted by molar-refractivity contribution is 0.475. The largest absolute Gasteiger partial charge is 0.508 e. The highest BCUT2D eigenvalue weighted by Gasteiger charge is 2.11. The van der Waals surface area contributed by atoms with Crippen LogP contribution in [0.25, 0.3) is 17.1 Å². The second-order valence-electron chi connectivity index (χ2n) is 6.57. The Morgan fingerprint density at radius 2 is 1.76 bits per heavy atom. The zero-order valence-corrected chi connectivity index (χ0v) is 16.1. The van der Waals surface area contributed by atoms with Crippen LogP contribution in [-0.2, 0) is 0 Å². The van der Waals surface area contributed by atoms with E-state index in [2.05, 4.69) is 25.6 Å². The standard InChI is InChI=1S/C22H20N6O/c1-15-12-20(18-6-4-3-5-7-18)28(27-15)22-13-21(23-14-24-22)26-25-16(2)17-8-10-19(29)11-9-17/h3-14,29H,1-2H3,(H,23,24,26)/b25-16+. The molecule has 0 radical (unpaired) electrons. The van der Waals surface area contributed by atoms with E-state index < -0.39 is 0 Å². The topological polar surface area (TPSA) is 88.2 Å². The molecule has 7 heteroatoms. The summed E-state index contributed by atoms with van der Waals surface area (Å²) >= 11 is 0. The number of benzene rings is 2. The van der Waals surface area contributed by atoms with Gasteiger partial charge in [0.15, 0.2) is 11.6 Å². The van der Waals surface area contributed by atoms with Crippen molar-refractivity contribution in [2.75, 3.05) is 5.43 Å². The zero-order valence-electron chi connectivity index (χ0n) is 16.1. The summed E-state index contributed by atoms with van der Waals surface area (Å²) in [5.41, 5.74) is 7.55. The van der Waals surface area contributed by atoms with Crippen LogP contribution in [0.4, 0.5) is 5.82 Å². The molecule has 0 saturated heterocycles. The van der Waals surface area contributed by atoms with E-state index in [9.17, 15) is 5.11 Å². The van der Waals surface area contributed by atoms with Gasteiger partial charge in [0.2, 0.25) is 0 Å². The third kappa shape index (κ3) is 4.14. The molecule has 0 spiro atoms. The molecule has 0 aliphatic rings. The van der Waals surface area contributed by atoms with Crippen molar-refractivity contribution >= 4 is 11.5 Å². The van der Waals surface area contributed by atoms with E-state index in [-0.39, 0.29) is 5.75 Å². The molecule has 144 valence electrons. The molecular weight excluding hydrogens is 364 g/mol. The van der Waals surface area contributed by atoms with Gasteiger partial charge < -0.3 is 5.11 Å². The van der Waals surface area contributed by atoms with Crippen molar-refractivity contribution in [3.8, 4) is 22.8 Å². The quantitative estimate of drug-likeness (QED) is 0.398. The molecule has 0 atom stereocenters. The number of hydrogen-bond donors (Lipinski definition) is 2. The molecule has 4 rings (SSSR count).